The predicted octanol–water partition coefficient (Wildman–Crippen LogP) is 0.595. The van der Waals surface area contributed by atoms with Crippen LogP contribution in [0.25, 0.3) is 0 Å². The monoisotopic (exact) mass is 252 g/mol. The number of aromatic nitrogens is 2. The van der Waals surface area contributed by atoms with Crippen molar-refractivity contribution in [2.24, 2.45) is 11.8 Å². The summed E-state index contributed by atoms with van der Waals surface area (Å²) in [7, 11) is 0. The highest BCUT2D eigenvalue weighted by Gasteiger charge is 2.33. The number of hydrogen-bond donors (Lipinski definition) is 3. The Bertz CT molecular complexity index is 558. The summed E-state index contributed by atoms with van der Waals surface area (Å²) in [6.45, 7) is 6.59. The molecule has 1 heterocycles. The molecule has 1 aliphatic rings. The van der Waals surface area contributed by atoms with Gasteiger partial charge in [0.25, 0.3) is 5.56 Å². The fourth-order valence-corrected chi connectivity index (χ4v) is 1.98. The zero-order valence-electron chi connectivity index (χ0n) is 11.0. The van der Waals surface area contributed by atoms with Crippen molar-refractivity contribution in [2.75, 3.05) is 11.1 Å². The summed E-state index contributed by atoms with van der Waals surface area (Å²) in [6.07, 6.45) is 1.03. The largest absolute Gasteiger partial charge is 0.383 e. The normalized spacial score (nSPS) is 22.2. The molecule has 0 aromatic carbocycles. The molecule has 6 nitrogen and oxygen atoms in total. The van der Waals surface area contributed by atoms with E-state index in [0.717, 1.165) is 6.42 Å². The van der Waals surface area contributed by atoms with E-state index in [1.54, 1.807) is 0 Å². The van der Waals surface area contributed by atoms with Crippen molar-refractivity contribution < 1.29 is 0 Å². The van der Waals surface area contributed by atoms with E-state index in [4.69, 9.17) is 5.73 Å². The molecule has 1 fully saturated rings. The minimum absolute atomic E-state index is 0.233. The van der Waals surface area contributed by atoms with Gasteiger partial charge in [-0.25, -0.2) is 4.79 Å². The van der Waals surface area contributed by atoms with E-state index in [0.29, 0.717) is 24.2 Å². The number of anilines is 2. The van der Waals surface area contributed by atoms with Gasteiger partial charge in [-0.05, 0) is 18.3 Å². The van der Waals surface area contributed by atoms with E-state index in [9.17, 15) is 9.59 Å². The number of rotatable bonds is 4. The highest BCUT2D eigenvalue weighted by molar-refractivity contribution is 5.61. The fourth-order valence-electron chi connectivity index (χ4n) is 1.98. The van der Waals surface area contributed by atoms with E-state index in [1.807, 2.05) is 13.8 Å². The summed E-state index contributed by atoms with van der Waals surface area (Å²) in [6, 6.07) is 0.290. The van der Waals surface area contributed by atoms with Gasteiger partial charge in [-0.1, -0.05) is 20.8 Å². The Morgan fingerprint density at radius 3 is 2.61 bits per heavy atom. The van der Waals surface area contributed by atoms with Gasteiger partial charge in [0.05, 0.1) is 0 Å². The van der Waals surface area contributed by atoms with Gasteiger partial charge in [0.2, 0.25) is 0 Å². The highest BCUT2D eigenvalue weighted by Crippen LogP contribution is 2.32. The third kappa shape index (κ3) is 2.42. The molecule has 2 rings (SSSR count). The lowest BCUT2D eigenvalue weighted by Crippen LogP contribution is -2.35. The molecule has 0 aliphatic heterocycles. The smallest absolute Gasteiger partial charge is 0.330 e. The van der Waals surface area contributed by atoms with E-state index in [-0.39, 0.29) is 11.7 Å². The summed E-state index contributed by atoms with van der Waals surface area (Å²) in [5.41, 5.74) is 5.38. The van der Waals surface area contributed by atoms with Gasteiger partial charge in [-0.15, -0.1) is 0 Å². The van der Waals surface area contributed by atoms with Crippen LogP contribution in [0.5, 0.6) is 0 Å². The quantitative estimate of drug-likeness (QED) is 0.731. The zero-order valence-corrected chi connectivity index (χ0v) is 11.0. The van der Waals surface area contributed by atoms with Gasteiger partial charge in [-0.2, -0.15) is 0 Å². The minimum Gasteiger partial charge on any atom is -0.383 e. The van der Waals surface area contributed by atoms with Crippen molar-refractivity contribution in [3.63, 3.8) is 0 Å². The van der Waals surface area contributed by atoms with Crippen molar-refractivity contribution in [3.05, 3.63) is 20.8 Å². The molecule has 2 unspecified atom stereocenters. The topological polar surface area (TPSA) is 92.9 Å². The van der Waals surface area contributed by atoms with E-state index >= 15 is 0 Å². The zero-order chi connectivity index (χ0) is 13.4. The molecular weight excluding hydrogens is 232 g/mol. The van der Waals surface area contributed by atoms with Gasteiger partial charge in [-0.3, -0.25) is 14.3 Å². The van der Waals surface area contributed by atoms with Crippen LogP contribution in [0.3, 0.4) is 0 Å². The lowest BCUT2D eigenvalue weighted by Gasteiger charge is -2.15. The Morgan fingerprint density at radius 1 is 1.50 bits per heavy atom. The SMILES string of the molecule is CC(C)Cn1c(N)c(NC2CC2C)c(=O)[nH]c1=O. The Labute approximate surface area is 105 Å². The lowest BCUT2D eigenvalue weighted by atomic mass is 10.2. The number of nitrogens with two attached hydrogens (primary N) is 1. The second kappa shape index (κ2) is 4.51. The number of H-pyrrole nitrogens is 1. The van der Waals surface area contributed by atoms with E-state index < -0.39 is 11.2 Å². The molecule has 1 aromatic rings. The third-order valence-corrected chi connectivity index (χ3v) is 3.23. The molecule has 0 bridgehead atoms. The maximum Gasteiger partial charge on any atom is 0.330 e. The fraction of sp³-hybridized carbons (Fsp3) is 0.667. The highest BCUT2D eigenvalue weighted by atomic mass is 16.2. The second-order valence-corrected chi connectivity index (χ2v) is 5.49. The molecule has 1 aromatic heterocycles. The standard InChI is InChI=1S/C12H20N4O2/c1-6(2)5-16-10(13)9(11(17)15-12(16)18)14-8-4-7(8)3/h6-8,14H,4-5,13H2,1-3H3,(H,15,17,18). The molecule has 1 saturated carbocycles. The van der Waals surface area contributed by atoms with Gasteiger partial charge < -0.3 is 11.1 Å². The number of hydrogen-bond acceptors (Lipinski definition) is 4. The lowest BCUT2D eigenvalue weighted by molar-refractivity contribution is 0.508. The molecule has 2 atom stereocenters. The molecule has 0 amide bonds. The molecule has 6 heteroatoms. The number of nitrogens with zero attached hydrogens (tertiary/aromatic N) is 1. The molecule has 0 radical (unpaired) electrons. The van der Waals surface area contributed by atoms with Crippen molar-refractivity contribution in [3.8, 4) is 0 Å². The summed E-state index contributed by atoms with van der Waals surface area (Å²) in [5.74, 6) is 1.06. The van der Waals surface area contributed by atoms with Crippen LogP contribution >= 0.6 is 0 Å². The van der Waals surface area contributed by atoms with Crippen molar-refractivity contribution >= 4 is 11.5 Å². The van der Waals surface area contributed by atoms with Gasteiger partial charge in [0, 0.05) is 12.6 Å². The van der Waals surface area contributed by atoms with Gasteiger partial charge >= 0.3 is 5.69 Å². The van der Waals surface area contributed by atoms with Crippen LogP contribution in [0.2, 0.25) is 0 Å². The summed E-state index contributed by atoms with van der Waals surface area (Å²) >= 11 is 0. The number of nitrogen functional groups attached to an aromatic ring is 1. The second-order valence-electron chi connectivity index (χ2n) is 5.49. The van der Waals surface area contributed by atoms with Crippen LogP contribution in [0, 0.1) is 11.8 Å². The van der Waals surface area contributed by atoms with Crippen LogP contribution in [-0.2, 0) is 6.54 Å². The average Bonchev–Trinajstić information content (AvgIpc) is 2.95. The first-order valence-corrected chi connectivity index (χ1v) is 6.29. The molecule has 0 saturated heterocycles. The summed E-state index contributed by atoms with van der Waals surface area (Å²) < 4.78 is 1.42. The van der Waals surface area contributed by atoms with Crippen molar-refractivity contribution in [2.45, 2.75) is 39.8 Å². The molecule has 100 valence electrons. The average molecular weight is 252 g/mol. The first kappa shape index (κ1) is 12.7. The maximum atomic E-state index is 11.8. The van der Waals surface area contributed by atoms with E-state index in [2.05, 4.69) is 17.2 Å². The van der Waals surface area contributed by atoms with Gasteiger partial charge in [0.15, 0.2) is 0 Å². The van der Waals surface area contributed by atoms with Gasteiger partial charge in [0.1, 0.15) is 11.5 Å². The van der Waals surface area contributed by atoms with Crippen LogP contribution in [0.4, 0.5) is 11.5 Å². The van der Waals surface area contributed by atoms with Crippen molar-refractivity contribution in [1.29, 1.82) is 0 Å². The molecular formula is C12H20N4O2. The van der Waals surface area contributed by atoms with E-state index in [1.165, 1.54) is 4.57 Å². The first-order chi connectivity index (χ1) is 8.40. The van der Waals surface area contributed by atoms with Crippen LogP contribution in [-0.4, -0.2) is 15.6 Å². The number of aromatic amines is 1. The Balaban J connectivity index is 2.39. The maximum absolute atomic E-state index is 11.8. The van der Waals surface area contributed by atoms with Crippen LogP contribution < -0.4 is 22.3 Å². The summed E-state index contributed by atoms with van der Waals surface area (Å²) in [5, 5.41) is 3.11. The minimum atomic E-state index is -0.444. The Hall–Kier alpha value is -1.72. The Kier molecular flexibility index (Phi) is 3.19. The van der Waals surface area contributed by atoms with Crippen LogP contribution in [0.15, 0.2) is 9.59 Å². The first-order valence-electron chi connectivity index (χ1n) is 6.29. The molecule has 0 spiro atoms. The third-order valence-electron chi connectivity index (χ3n) is 3.23. The van der Waals surface area contributed by atoms with Crippen molar-refractivity contribution in [1.82, 2.24) is 9.55 Å². The Morgan fingerprint density at radius 2 is 2.11 bits per heavy atom. The molecule has 1 aliphatic carbocycles. The predicted molar refractivity (Wildman–Crippen MR) is 71.8 cm³/mol. The molecule has 4 N–H and O–H groups in total. The number of nitrogens with one attached hydrogen (secondary N) is 2. The summed E-state index contributed by atoms with van der Waals surface area (Å²) in [4.78, 5) is 25.8. The van der Waals surface area contributed by atoms with Crippen LogP contribution in [0.1, 0.15) is 27.2 Å². The molecule has 18 heavy (non-hydrogen) atoms.